The Balaban J connectivity index is 2.03. The summed E-state index contributed by atoms with van der Waals surface area (Å²) in [6.07, 6.45) is 3.73. The summed E-state index contributed by atoms with van der Waals surface area (Å²) in [5, 5.41) is 14.5. The van der Waals surface area contributed by atoms with E-state index in [9.17, 15) is 14.7 Å². The fraction of sp³-hybridized carbons (Fsp3) is 0.333. The summed E-state index contributed by atoms with van der Waals surface area (Å²) in [6.45, 7) is 2.98. The summed E-state index contributed by atoms with van der Waals surface area (Å²) in [7, 11) is 3.90. The molecule has 0 aliphatic carbocycles. The van der Waals surface area contributed by atoms with E-state index >= 15 is 0 Å². The third-order valence-corrected chi connectivity index (χ3v) is 3.50. The van der Waals surface area contributed by atoms with Crippen molar-refractivity contribution in [1.29, 1.82) is 0 Å². The Kier molecular flexibility index (Phi) is 7.07. The van der Waals surface area contributed by atoms with E-state index in [4.69, 9.17) is 4.74 Å². The SMILES string of the molecule is Cc1cnc(NC(=O)Nc2ccc(C(=O)O)c(OCCCN(C)C)c2)cn1. The molecule has 0 aliphatic heterocycles. The van der Waals surface area contributed by atoms with Crippen LogP contribution in [-0.2, 0) is 0 Å². The van der Waals surface area contributed by atoms with Crippen LogP contribution in [-0.4, -0.2) is 59.2 Å². The zero-order chi connectivity index (χ0) is 19.8. The highest BCUT2D eigenvalue weighted by Crippen LogP contribution is 2.24. The van der Waals surface area contributed by atoms with Crippen LogP contribution in [0.25, 0.3) is 0 Å². The molecule has 2 rings (SSSR count). The molecule has 2 amide bonds. The summed E-state index contributed by atoms with van der Waals surface area (Å²) in [5.74, 6) is -0.585. The molecule has 9 nitrogen and oxygen atoms in total. The van der Waals surface area contributed by atoms with Gasteiger partial charge in [0.25, 0.3) is 0 Å². The highest BCUT2D eigenvalue weighted by molar-refractivity contribution is 6.00. The second-order valence-corrected chi connectivity index (χ2v) is 6.14. The zero-order valence-corrected chi connectivity index (χ0v) is 15.5. The molecule has 1 heterocycles. The largest absolute Gasteiger partial charge is 0.493 e. The van der Waals surface area contributed by atoms with Crippen LogP contribution in [0.15, 0.2) is 30.6 Å². The minimum Gasteiger partial charge on any atom is -0.493 e. The van der Waals surface area contributed by atoms with Gasteiger partial charge in [0.05, 0.1) is 24.7 Å². The number of urea groups is 1. The van der Waals surface area contributed by atoms with Crippen molar-refractivity contribution >= 4 is 23.5 Å². The maximum atomic E-state index is 12.1. The molecule has 0 fully saturated rings. The number of carboxylic acids is 1. The maximum Gasteiger partial charge on any atom is 0.339 e. The summed E-state index contributed by atoms with van der Waals surface area (Å²) < 4.78 is 5.60. The molecule has 9 heteroatoms. The number of carbonyl (C=O) groups is 2. The molecular weight excluding hydrogens is 350 g/mol. The number of carboxylic acid groups (broad SMARTS) is 1. The predicted octanol–water partition coefficient (Wildman–Crippen LogP) is 2.46. The molecule has 0 saturated carbocycles. The van der Waals surface area contributed by atoms with Crippen molar-refractivity contribution in [2.75, 3.05) is 37.9 Å². The molecule has 0 radical (unpaired) electrons. The number of nitrogens with zero attached hydrogens (tertiary/aromatic N) is 3. The Morgan fingerprint density at radius 2 is 1.96 bits per heavy atom. The van der Waals surface area contributed by atoms with Crippen molar-refractivity contribution in [3.63, 3.8) is 0 Å². The van der Waals surface area contributed by atoms with Crippen LogP contribution < -0.4 is 15.4 Å². The monoisotopic (exact) mass is 373 g/mol. The lowest BCUT2D eigenvalue weighted by molar-refractivity contribution is 0.0692. The van der Waals surface area contributed by atoms with Crippen molar-refractivity contribution in [2.24, 2.45) is 0 Å². The van der Waals surface area contributed by atoms with Gasteiger partial charge < -0.3 is 20.1 Å². The van der Waals surface area contributed by atoms with Gasteiger partial charge in [0.15, 0.2) is 5.82 Å². The Morgan fingerprint density at radius 3 is 2.59 bits per heavy atom. The summed E-state index contributed by atoms with van der Waals surface area (Å²) >= 11 is 0. The molecule has 3 N–H and O–H groups in total. The van der Waals surface area contributed by atoms with Crippen LogP contribution in [0.1, 0.15) is 22.5 Å². The van der Waals surface area contributed by atoms with Crippen LogP contribution in [0.4, 0.5) is 16.3 Å². The van der Waals surface area contributed by atoms with Crippen LogP contribution >= 0.6 is 0 Å². The number of rotatable bonds is 8. The van der Waals surface area contributed by atoms with E-state index in [0.29, 0.717) is 18.1 Å². The van der Waals surface area contributed by atoms with Gasteiger partial charge in [-0.3, -0.25) is 10.3 Å². The van der Waals surface area contributed by atoms with Crippen LogP contribution in [0.5, 0.6) is 5.75 Å². The number of nitrogens with one attached hydrogen (secondary N) is 2. The molecule has 0 aliphatic rings. The lowest BCUT2D eigenvalue weighted by Crippen LogP contribution is -2.20. The van der Waals surface area contributed by atoms with Gasteiger partial charge >= 0.3 is 12.0 Å². The highest BCUT2D eigenvalue weighted by atomic mass is 16.5. The Hall–Kier alpha value is -3.20. The number of carbonyl (C=O) groups excluding carboxylic acids is 1. The van der Waals surface area contributed by atoms with E-state index in [1.807, 2.05) is 19.0 Å². The third-order valence-electron chi connectivity index (χ3n) is 3.50. The van der Waals surface area contributed by atoms with E-state index in [1.165, 1.54) is 30.6 Å². The third kappa shape index (κ3) is 6.55. The molecule has 27 heavy (non-hydrogen) atoms. The minimum atomic E-state index is -1.09. The van der Waals surface area contributed by atoms with Gasteiger partial charge in [-0.15, -0.1) is 0 Å². The Morgan fingerprint density at radius 1 is 1.19 bits per heavy atom. The van der Waals surface area contributed by atoms with Gasteiger partial charge in [-0.1, -0.05) is 0 Å². The number of aromatic carboxylic acids is 1. The van der Waals surface area contributed by atoms with Gasteiger partial charge in [-0.2, -0.15) is 0 Å². The van der Waals surface area contributed by atoms with Crippen molar-refractivity contribution in [1.82, 2.24) is 14.9 Å². The van der Waals surface area contributed by atoms with Crippen molar-refractivity contribution in [3.05, 3.63) is 41.9 Å². The van der Waals surface area contributed by atoms with E-state index in [-0.39, 0.29) is 11.3 Å². The summed E-state index contributed by atoms with van der Waals surface area (Å²) in [4.78, 5) is 33.5. The number of aryl methyl sites for hydroxylation is 1. The highest BCUT2D eigenvalue weighted by Gasteiger charge is 2.13. The van der Waals surface area contributed by atoms with Crippen molar-refractivity contribution in [2.45, 2.75) is 13.3 Å². The number of aromatic nitrogens is 2. The van der Waals surface area contributed by atoms with Gasteiger partial charge in [-0.05, 0) is 39.6 Å². The Labute approximate surface area is 157 Å². The van der Waals surface area contributed by atoms with Gasteiger partial charge in [-0.25, -0.2) is 14.6 Å². The van der Waals surface area contributed by atoms with Crippen LogP contribution in [0.3, 0.4) is 0 Å². The fourth-order valence-electron chi connectivity index (χ4n) is 2.19. The second-order valence-electron chi connectivity index (χ2n) is 6.14. The summed E-state index contributed by atoms with van der Waals surface area (Å²) in [5.41, 5.74) is 1.18. The standard InChI is InChI=1S/C18H23N5O4/c1-12-10-20-16(11-19-12)22-18(26)21-13-5-6-14(17(24)25)15(9-13)27-8-4-7-23(2)3/h5-6,9-11H,4,7-8H2,1-3H3,(H,24,25)(H2,20,21,22,26). The van der Waals surface area contributed by atoms with Crippen molar-refractivity contribution < 1.29 is 19.4 Å². The molecular formula is C18H23N5O4. The smallest absolute Gasteiger partial charge is 0.339 e. The molecule has 2 aromatic rings. The lowest BCUT2D eigenvalue weighted by Gasteiger charge is -2.13. The number of hydrogen-bond donors (Lipinski definition) is 3. The van der Waals surface area contributed by atoms with Crippen LogP contribution in [0, 0.1) is 6.92 Å². The summed E-state index contributed by atoms with van der Waals surface area (Å²) in [6, 6.07) is 3.86. The first-order chi connectivity index (χ1) is 12.8. The van der Waals surface area contributed by atoms with Gasteiger partial charge in [0.2, 0.25) is 0 Å². The lowest BCUT2D eigenvalue weighted by atomic mass is 10.2. The number of hydrogen-bond acceptors (Lipinski definition) is 6. The quantitative estimate of drug-likeness (QED) is 0.609. The first-order valence-electron chi connectivity index (χ1n) is 8.36. The topological polar surface area (TPSA) is 117 Å². The zero-order valence-electron chi connectivity index (χ0n) is 15.5. The second kappa shape index (κ2) is 9.48. The molecule has 0 atom stereocenters. The maximum absolute atomic E-state index is 12.1. The average molecular weight is 373 g/mol. The van der Waals surface area contributed by atoms with Gasteiger partial charge in [0, 0.05) is 18.3 Å². The predicted molar refractivity (Wildman–Crippen MR) is 101 cm³/mol. The molecule has 0 bridgehead atoms. The number of ether oxygens (including phenoxy) is 1. The Bertz CT molecular complexity index is 793. The molecule has 0 spiro atoms. The molecule has 1 aromatic carbocycles. The van der Waals surface area contributed by atoms with E-state index < -0.39 is 12.0 Å². The fourth-order valence-corrected chi connectivity index (χ4v) is 2.19. The van der Waals surface area contributed by atoms with E-state index in [0.717, 1.165) is 18.7 Å². The molecule has 1 aromatic heterocycles. The van der Waals surface area contributed by atoms with E-state index in [1.54, 1.807) is 6.92 Å². The first-order valence-corrected chi connectivity index (χ1v) is 8.36. The number of amides is 2. The van der Waals surface area contributed by atoms with Crippen molar-refractivity contribution in [3.8, 4) is 5.75 Å². The number of anilines is 2. The molecule has 144 valence electrons. The number of benzene rings is 1. The minimum absolute atomic E-state index is 0.0372. The van der Waals surface area contributed by atoms with E-state index in [2.05, 4.69) is 20.6 Å². The normalized spacial score (nSPS) is 10.5. The molecule has 0 unspecified atom stereocenters. The average Bonchev–Trinajstić information content (AvgIpc) is 2.60. The van der Waals surface area contributed by atoms with Gasteiger partial charge in [0.1, 0.15) is 11.3 Å². The molecule has 0 saturated heterocycles. The van der Waals surface area contributed by atoms with Crippen LogP contribution in [0.2, 0.25) is 0 Å². The first kappa shape index (κ1) is 20.1.